The van der Waals surface area contributed by atoms with Gasteiger partial charge in [0.05, 0.1) is 6.61 Å². The fourth-order valence-electron chi connectivity index (χ4n) is 1.12. The Morgan fingerprint density at radius 2 is 2.33 bits per heavy atom. The summed E-state index contributed by atoms with van der Waals surface area (Å²) in [5.41, 5.74) is -0.0628. The van der Waals surface area contributed by atoms with Crippen LogP contribution in [0.3, 0.4) is 0 Å². The molecule has 4 nitrogen and oxygen atoms in total. The van der Waals surface area contributed by atoms with Crippen molar-refractivity contribution in [2.75, 3.05) is 6.61 Å². The third kappa shape index (κ3) is 4.29. The summed E-state index contributed by atoms with van der Waals surface area (Å²) in [7, 11) is 0. The van der Waals surface area contributed by atoms with E-state index in [2.05, 4.69) is 15.9 Å². The molecule has 0 aromatic carbocycles. The SMILES string of the molecule is CC(=O)OCCCn1ccc(Br)cc1=O. The lowest BCUT2D eigenvalue weighted by Gasteiger charge is -2.05. The fourth-order valence-corrected chi connectivity index (χ4v) is 1.43. The first-order valence-electron chi connectivity index (χ1n) is 4.59. The average molecular weight is 274 g/mol. The molecule has 0 saturated carbocycles. The predicted molar refractivity (Wildman–Crippen MR) is 59.7 cm³/mol. The Morgan fingerprint density at radius 1 is 1.60 bits per heavy atom. The number of carbonyl (C=O) groups excluding carboxylic acids is 1. The van der Waals surface area contributed by atoms with Gasteiger partial charge in [-0.1, -0.05) is 15.9 Å². The summed E-state index contributed by atoms with van der Waals surface area (Å²) in [5.74, 6) is -0.293. The van der Waals surface area contributed by atoms with Crippen LogP contribution in [0.25, 0.3) is 0 Å². The predicted octanol–water partition coefficient (Wildman–Crippen LogP) is 1.56. The van der Waals surface area contributed by atoms with E-state index in [9.17, 15) is 9.59 Å². The summed E-state index contributed by atoms with van der Waals surface area (Å²) in [6.45, 7) is 2.27. The first kappa shape index (κ1) is 12.0. The third-order valence-electron chi connectivity index (χ3n) is 1.81. The Kier molecular flexibility index (Phi) is 4.55. The van der Waals surface area contributed by atoms with Crippen molar-refractivity contribution < 1.29 is 9.53 Å². The van der Waals surface area contributed by atoms with Gasteiger partial charge in [0.2, 0.25) is 0 Å². The normalized spacial score (nSPS) is 10.0. The van der Waals surface area contributed by atoms with E-state index in [0.29, 0.717) is 19.6 Å². The maximum absolute atomic E-state index is 11.4. The Bertz CT molecular complexity index is 400. The van der Waals surface area contributed by atoms with E-state index < -0.39 is 0 Å². The minimum Gasteiger partial charge on any atom is -0.466 e. The minimum absolute atomic E-state index is 0.0628. The van der Waals surface area contributed by atoms with Crippen molar-refractivity contribution >= 4 is 21.9 Å². The molecule has 0 fully saturated rings. The number of hydrogen-bond acceptors (Lipinski definition) is 3. The van der Waals surface area contributed by atoms with Crippen LogP contribution in [0.2, 0.25) is 0 Å². The molecular formula is C10H12BrNO3. The van der Waals surface area contributed by atoms with Gasteiger partial charge in [0.1, 0.15) is 0 Å². The molecule has 0 atom stereocenters. The van der Waals surface area contributed by atoms with Crippen molar-refractivity contribution in [2.24, 2.45) is 0 Å². The zero-order chi connectivity index (χ0) is 11.3. The van der Waals surface area contributed by atoms with Crippen LogP contribution in [-0.4, -0.2) is 17.1 Å². The van der Waals surface area contributed by atoms with E-state index in [1.165, 1.54) is 13.0 Å². The van der Waals surface area contributed by atoms with Gasteiger partial charge in [0, 0.05) is 30.2 Å². The largest absolute Gasteiger partial charge is 0.466 e. The number of aromatic nitrogens is 1. The Balaban J connectivity index is 2.44. The lowest BCUT2D eigenvalue weighted by Crippen LogP contribution is -2.19. The average Bonchev–Trinajstić information content (AvgIpc) is 2.14. The first-order valence-corrected chi connectivity index (χ1v) is 5.38. The lowest BCUT2D eigenvalue weighted by atomic mass is 10.4. The van der Waals surface area contributed by atoms with Crippen molar-refractivity contribution in [2.45, 2.75) is 19.9 Å². The summed E-state index contributed by atoms with van der Waals surface area (Å²) >= 11 is 3.21. The highest BCUT2D eigenvalue weighted by Crippen LogP contribution is 2.03. The molecule has 1 rings (SSSR count). The molecule has 82 valence electrons. The Labute approximate surface area is 96.0 Å². The van der Waals surface area contributed by atoms with Crippen LogP contribution in [0.15, 0.2) is 27.6 Å². The van der Waals surface area contributed by atoms with Gasteiger partial charge in [0.15, 0.2) is 0 Å². The summed E-state index contributed by atoms with van der Waals surface area (Å²) in [6.07, 6.45) is 2.35. The van der Waals surface area contributed by atoms with E-state index in [1.807, 2.05) is 0 Å². The topological polar surface area (TPSA) is 48.3 Å². The molecule has 0 radical (unpaired) electrons. The highest BCUT2D eigenvalue weighted by atomic mass is 79.9. The van der Waals surface area contributed by atoms with Crippen LogP contribution in [0, 0.1) is 0 Å². The molecule has 5 heteroatoms. The van der Waals surface area contributed by atoms with Crippen LogP contribution in [-0.2, 0) is 16.1 Å². The smallest absolute Gasteiger partial charge is 0.302 e. The van der Waals surface area contributed by atoms with E-state index in [0.717, 1.165) is 4.47 Å². The van der Waals surface area contributed by atoms with Gasteiger partial charge in [0.25, 0.3) is 5.56 Å². The van der Waals surface area contributed by atoms with E-state index in [-0.39, 0.29) is 11.5 Å². The molecule has 0 aliphatic carbocycles. The number of esters is 1. The fraction of sp³-hybridized carbons (Fsp3) is 0.400. The van der Waals surface area contributed by atoms with Crippen LogP contribution >= 0.6 is 15.9 Å². The van der Waals surface area contributed by atoms with Gasteiger partial charge in [-0.05, 0) is 12.5 Å². The minimum atomic E-state index is -0.293. The van der Waals surface area contributed by atoms with Gasteiger partial charge < -0.3 is 9.30 Å². The molecule has 0 aliphatic heterocycles. The Morgan fingerprint density at radius 3 is 2.93 bits per heavy atom. The van der Waals surface area contributed by atoms with Crippen LogP contribution in [0.4, 0.5) is 0 Å². The molecule has 1 heterocycles. The number of nitrogens with zero attached hydrogens (tertiary/aromatic N) is 1. The molecule has 0 aliphatic rings. The van der Waals surface area contributed by atoms with Crippen molar-refractivity contribution in [3.63, 3.8) is 0 Å². The maximum Gasteiger partial charge on any atom is 0.302 e. The number of carbonyl (C=O) groups is 1. The lowest BCUT2D eigenvalue weighted by molar-refractivity contribution is -0.141. The quantitative estimate of drug-likeness (QED) is 0.618. The molecule has 0 saturated heterocycles. The van der Waals surface area contributed by atoms with Crippen LogP contribution in [0.5, 0.6) is 0 Å². The number of hydrogen-bond donors (Lipinski definition) is 0. The maximum atomic E-state index is 11.4. The van der Waals surface area contributed by atoms with Gasteiger partial charge in [-0.25, -0.2) is 0 Å². The molecule has 1 aromatic heterocycles. The monoisotopic (exact) mass is 273 g/mol. The second-order valence-electron chi connectivity index (χ2n) is 3.07. The van der Waals surface area contributed by atoms with Gasteiger partial charge in [-0.15, -0.1) is 0 Å². The van der Waals surface area contributed by atoms with E-state index >= 15 is 0 Å². The Hall–Kier alpha value is -1.10. The van der Waals surface area contributed by atoms with Crippen LogP contribution < -0.4 is 5.56 Å². The van der Waals surface area contributed by atoms with E-state index in [1.54, 1.807) is 16.8 Å². The van der Waals surface area contributed by atoms with Gasteiger partial charge in [-0.3, -0.25) is 9.59 Å². The van der Waals surface area contributed by atoms with E-state index in [4.69, 9.17) is 4.74 Å². The molecule has 0 N–H and O–H groups in total. The van der Waals surface area contributed by atoms with Crippen molar-refractivity contribution in [1.82, 2.24) is 4.57 Å². The number of rotatable bonds is 4. The zero-order valence-corrected chi connectivity index (χ0v) is 9.99. The summed E-state index contributed by atoms with van der Waals surface area (Å²) < 4.78 is 7.11. The third-order valence-corrected chi connectivity index (χ3v) is 2.30. The standard InChI is InChI=1S/C10H12BrNO3/c1-8(13)15-6-2-4-12-5-3-9(11)7-10(12)14/h3,5,7H,2,4,6H2,1H3. The zero-order valence-electron chi connectivity index (χ0n) is 8.40. The number of halogens is 1. The highest BCUT2D eigenvalue weighted by Gasteiger charge is 1.97. The van der Waals surface area contributed by atoms with Crippen molar-refractivity contribution in [3.8, 4) is 0 Å². The number of aryl methyl sites for hydroxylation is 1. The number of ether oxygens (including phenoxy) is 1. The first-order chi connectivity index (χ1) is 7.09. The second kappa shape index (κ2) is 5.70. The van der Waals surface area contributed by atoms with Crippen molar-refractivity contribution in [3.05, 3.63) is 33.2 Å². The second-order valence-corrected chi connectivity index (χ2v) is 3.99. The molecule has 0 bridgehead atoms. The molecule has 15 heavy (non-hydrogen) atoms. The summed E-state index contributed by atoms with van der Waals surface area (Å²) in [4.78, 5) is 21.9. The van der Waals surface area contributed by atoms with Crippen molar-refractivity contribution in [1.29, 1.82) is 0 Å². The molecule has 0 amide bonds. The summed E-state index contributed by atoms with van der Waals surface area (Å²) in [6, 6.07) is 3.30. The summed E-state index contributed by atoms with van der Waals surface area (Å²) in [5, 5.41) is 0. The van der Waals surface area contributed by atoms with Gasteiger partial charge >= 0.3 is 5.97 Å². The molecule has 1 aromatic rings. The molecular weight excluding hydrogens is 262 g/mol. The van der Waals surface area contributed by atoms with Crippen LogP contribution in [0.1, 0.15) is 13.3 Å². The molecule has 0 unspecified atom stereocenters. The van der Waals surface area contributed by atoms with Gasteiger partial charge in [-0.2, -0.15) is 0 Å². The molecule has 0 spiro atoms. The number of pyridine rings is 1. The highest BCUT2D eigenvalue weighted by molar-refractivity contribution is 9.10.